The van der Waals surface area contributed by atoms with Gasteiger partial charge in [-0.3, -0.25) is 0 Å². The van der Waals surface area contributed by atoms with Gasteiger partial charge in [-0.2, -0.15) is 4.31 Å². The number of rotatable bonds is 5. The van der Waals surface area contributed by atoms with Gasteiger partial charge in [-0.25, -0.2) is 16.8 Å². The van der Waals surface area contributed by atoms with Gasteiger partial charge in [0, 0.05) is 18.6 Å². The predicted octanol–water partition coefficient (Wildman–Crippen LogP) is 1.37. The molecule has 2 N–H and O–H groups in total. The van der Waals surface area contributed by atoms with Gasteiger partial charge in [-0.05, 0) is 38.0 Å². The van der Waals surface area contributed by atoms with E-state index in [4.69, 9.17) is 5.73 Å². The monoisotopic (exact) mass is 360 g/mol. The SMILES string of the molecule is CCS(=O)(=O)c1cccc(S(=O)(=O)N2CCCCC2C(C)N)c1. The second-order valence-electron chi connectivity index (χ2n) is 5.92. The molecule has 8 heteroatoms. The third-order valence-corrected chi connectivity index (χ3v) is 7.91. The maximum atomic E-state index is 12.9. The Bertz CT molecular complexity index is 757. The highest BCUT2D eigenvalue weighted by atomic mass is 32.2. The van der Waals surface area contributed by atoms with Crippen LogP contribution in [-0.4, -0.2) is 45.5 Å². The molecule has 0 amide bonds. The van der Waals surface area contributed by atoms with Gasteiger partial charge in [-0.15, -0.1) is 0 Å². The molecule has 0 saturated carbocycles. The molecule has 2 unspecified atom stereocenters. The zero-order valence-electron chi connectivity index (χ0n) is 13.5. The summed E-state index contributed by atoms with van der Waals surface area (Å²) in [5, 5.41) is 0. The van der Waals surface area contributed by atoms with Crippen LogP contribution in [0.4, 0.5) is 0 Å². The lowest BCUT2D eigenvalue weighted by Gasteiger charge is -2.36. The molecule has 2 atom stereocenters. The highest BCUT2D eigenvalue weighted by Gasteiger charge is 2.35. The molecule has 1 heterocycles. The predicted molar refractivity (Wildman–Crippen MR) is 89.3 cm³/mol. The van der Waals surface area contributed by atoms with Gasteiger partial charge in [0.1, 0.15) is 0 Å². The number of nitrogens with two attached hydrogens (primary N) is 1. The van der Waals surface area contributed by atoms with Gasteiger partial charge >= 0.3 is 0 Å². The number of hydrogen-bond acceptors (Lipinski definition) is 5. The van der Waals surface area contributed by atoms with E-state index in [9.17, 15) is 16.8 Å². The minimum Gasteiger partial charge on any atom is -0.326 e. The van der Waals surface area contributed by atoms with Crippen molar-refractivity contribution in [2.24, 2.45) is 5.73 Å². The van der Waals surface area contributed by atoms with Crippen molar-refractivity contribution in [3.05, 3.63) is 24.3 Å². The van der Waals surface area contributed by atoms with Crippen LogP contribution in [0.3, 0.4) is 0 Å². The van der Waals surface area contributed by atoms with E-state index < -0.39 is 19.9 Å². The summed E-state index contributed by atoms with van der Waals surface area (Å²) < 4.78 is 51.3. The van der Waals surface area contributed by atoms with Crippen molar-refractivity contribution in [1.29, 1.82) is 0 Å². The van der Waals surface area contributed by atoms with E-state index in [0.29, 0.717) is 6.54 Å². The van der Waals surface area contributed by atoms with Gasteiger partial charge in [0.2, 0.25) is 10.0 Å². The fourth-order valence-electron chi connectivity index (χ4n) is 2.88. The Hall–Kier alpha value is -0.960. The first-order chi connectivity index (χ1) is 10.7. The summed E-state index contributed by atoms with van der Waals surface area (Å²) in [4.78, 5) is 0.0509. The van der Waals surface area contributed by atoms with Crippen LogP contribution in [0.5, 0.6) is 0 Å². The number of benzene rings is 1. The maximum Gasteiger partial charge on any atom is 0.243 e. The molecule has 0 aromatic heterocycles. The maximum absolute atomic E-state index is 12.9. The lowest BCUT2D eigenvalue weighted by Crippen LogP contribution is -2.51. The van der Waals surface area contributed by atoms with Crippen LogP contribution in [0, 0.1) is 0 Å². The van der Waals surface area contributed by atoms with E-state index in [-0.39, 0.29) is 27.6 Å². The molecule has 1 aromatic rings. The Morgan fingerprint density at radius 3 is 2.48 bits per heavy atom. The van der Waals surface area contributed by atoms with Crippen molar-refractivity contribution in [2.45, 2.75) is 55.0 Å². The largest absolute Gasteiger partial charge is 0.326 e. The first-order valence-corrected chi connectivity index (χ1v) is 10.9. The van der Waals surface area contributed by atoms with Gasteiger partial charge < -0.3 is 5.73 Å². The van der Waals surface area contributed by atoms with E-state index in [1.165, 1.54) is 35.5 Å². The molecule has 1 aromatic carbocycles. The van der Waals surface area contributed by atoms with E-state index in [1.54, 1.807) is 6.92 Å². The van der Waals surface area contributed by atoms with E-state index in [2.05, 4.69) is 0 Å². The van der Waals surface area contributed by atoms with Crippen LogP contribution in [0.1, 0.15) is 33.1 Å². The standard InChI is InChI=1S/C15H24N2O4S2/c1-3-22(18,19)13-7-6-8-14(11-13)23(20,21)17-10-5-4-9-15(17)12(2)16/h6-8,11-12,15H,3-5,9-10,16H2,1-2H3. The van der Waals surface area contributed by atoms with Crippen molar-refractivity contribution >= 4 is 19.9 Å². The van der Waals surface area contributed by atoms with Crippen molar-refractivity contribution in [2.75, 3.05) is 12.3 Å². The molecule has 2 rings (SSSR count). The van der Waals surface area contributed by atoms with Crippen LogP contribution in [0.25, 0.3) is 0 Å². The molecule has 0 spiro atoms. The van der Waals surface area contributed by atoms with Crippen molar-refractivity contribution in [3.8, 4) is 0 Å². The third kappa shape index (κ3) is 3.76. The molecule has 130 valence electrons. The highest BCUT2D eigenvalue weighted by molar-refractivity contribution is 7.91. The van der Waals surface area contributed by atoms with Crippen LogP contribution in [-0.2, 0) is 19.9 Å². The average molecular weight is 361 g/mol. The summed E-state index contributed by atoms with van der Waals surface area (Å²) >= 11 is 0. The fraction of sp³-hybridized carbons (Fsp3) is 0.600. The molecule has 1 fully saturated rings. The molecule has 0 aliphatic carbocycles. The summed E-state index contributed by atoms with van der Waals surface area (Å²) in [5.41, 5.74) is 5.95. The lowest BCUT2D eigenvalue weighted by atomic mass is 10.00. The van der Waals surface area contributed by atoms with E-state index in [1.807, 2.05) is 0 Å². The van der Waals surface area contributed by atoms with Crippen LogP contribution < -0.4 is 5.73 Å². The van der Waals surface area contributed by atoms with Crippen LogP contribution >= 0.6 is 0 Å². The van der Waals surface area contributed by atoms with E-state index in [0.717, 1.165) is 19.3 Å². The van der Waals surface area contributed by atoms with Gasteiger partial charge in [-0.1, -0.05) is 19.4 Å². The Morgan fingerprint density at radius 2 is 1.87 bits per heavy atom. The number of sulfone groups is 1. The number of hydrogen-bond donors (Lipinski definition) is 1. The average Bonchev–Trinajstić information content (AvgIpc) is 2.55. The van der Waals surface area contributed by atoms with E-state index >= 15 is 0 Å². The lowest BCUT2D eigenvalue weighted by molar-refractivity contribution is 0.227. The van der Waals surface area contributed by atoms with Gasteiger partial charge in [0.15, 0.2) is 9.84 Å². The van der Waals surface area contributed by atoms with Crippen molar-refractivity contribution in [1.82, 2.24) is 4.31 Å². The summed E-state index contributed by atoms with van der Waals surface area (Å²) in [6.07, 6.45) is 2.46. The molecule has 1 aliphatic rings. The first-order valence-electron chi connectivity index (χ1n) is 7.80. The topological polar surface area (TPSA) is 97.5 Å². The van der Waals surface area contributed by atoms with Gasteiger partial charge in [0.25, 0.3) is 0 Å². The Labute approximate surface area is 138 Å². The van der Waals surface area contributed by atoms with Crippen molar-refractivity contribution < 1.29 is 16.8 Å². The molecule has 23 heavy (non-hydrogen) atoms. The normalized spacial score (nSPS) is 22.0. The number of piperidine rings is 1. The summed E-state index contributed by atoms with van der Waals surface area (Å²) in [5.74, 6) is -0.0668. The summed E-state index contributed by atoms with van der Waals surface area (Å²) in [7, 11) is -7.21. The Morgan fingerprint density at radius 1 is 1.22 bits per heavy atom. The molecule has 6 nitrogen and oxygen atoms in total. The second kappa shape index (κ2) is 6.88. The first kappa shape index (κ1) is 18.4. The Kier molecular flexibility index (Phi) is 5.50. The zero-order chi connectivity index (χ0) is 17.3. The molecule has 0 bridgehead atoms. The Balaban J connectivity index is 2.45. The number of nitrogens with zero attached hydrogens (tertiary/aromatic N) is 1. The molecule has 1 saturated heterocycles. The molecule has 1 aliphatic heterocycles. The van der Waals surface area contributed by atoms with Crippen LogP contribution in [0.2, 0.25) is 0 Å². The minimum atomic E-state index is -3.76. The summed E-state index contributed by atoms with van der Waals surface area (Å²) in [6, 6.07) is 5.07. The smallest absolute Gasteiger partial charge is 0.243 e. The minimum absolute atomic E-state index is 0.0135. The highest BCUT2D eigenvalue weighted by Crippen LogP contribution is 2.28. The zero-order valence-corrected chi connectivity index (χ0v) is 15.1. The summed E-state index contributed by atoms with van der Waals surface area (Å²) in [6.45, 7) is 3.75. The molecular weight excluding hydrogens is 336 g/mol. The third-order valence-electron chi connectivity index (χ3n) is 4.26. The molecular formula is C15H24N2O4S2. The van der Waals surface area contributed by atoms with Crippen LogP contribution in [0.15, 0.2) is 34.1 Å². The quantitative estimate of drug-likeness (QED) is 0.855. The molecule has 0 radical (unpaired) electrons. The fourth-order valence-corrected chi connectivity index (χ4v) is 5.71. The second-order valence-corrected chi connectivity index (χ2v) is 10.1. The number of sulfonamides is 1. The van der Waals surface area contributed by atoms with Crippen molar-refractivity contribution in [3.63, 3.8) is 0 Å². The van der Waals surface area contributed by atoms with Gasteiger partial charge in [0.05, 0.1) is 15.5 Å².